The van der Waals surface area contributed by atoms with Crippen LogP contribution in [0.3, 0.4) is 0 Å². The van der Waals surface area contributed by atoms with Gasteiger partial charge in [0.05, 0.1) is 0 Å². The second-order valence-corrected chi connectivity index (χ2v) is 5.07. The fourth-order valence-corrected chi connectivity index (χ4v) is 2.29. The molecule has 0 aliphatic heterocycles. The third kappa shape index (κ3) is 6.75. The van der Waals surface area contributed by atoms with Gasteiger partial charge in [0.1, 0.15) is 0 Å². The maximum absolute atomic E-state index is 4.40. The van der Waals surface area contributed by atoms with Gasteiger partial charge in [-0.25, -0.2) is 0 Å². The van der Waals surface area contributed by atoms with Crippen LogP contribution in [0.5, 0.6) is 0 Å². The second-order valence-electron chi connectivity index (χ2n) is 5.07. The molecule has 18 heavy (non-hydrogen) atoms. The fourth-order valence-electron chi connectivity index (χ4n) is 2.29. The number of pyridine rings is 1. The summed E-state index contributed by atoms with van der Waals surface area (Å²) in [6.07, 6.45) is 12.4. The second kappa shape index (κ2) is 10.1. The Morgan fingerprint density at radius 1 is 1.11 bits per heavy atom. The van der Waals surface area contributed by atoms with Crippen molar-refractivity contribution in [1.82, 2.24) is 10.3 Å². The lowest BCUT2D eigenvalue weighted by molar-refractivity contribution is 0.476. The normalized spacial score (nSPS) is 12.6. The molecule has 0 fully saturated rings. The first-order valence-electron chi connectivity index (χ1n) is 7.44. The molecular formula is C16H28N2. The van der Waals surface area contributed by atoms with E-state index in [4.69, 9.17) is 0 Å². The smallest absolute Gasteiger partial charge is 0.0419 e. The van der Waals surface area contributed by atoms with Crippen LogP contribution in [0.4, 0.5) is 0 Å². The van der Waals surface area contributed by atoms with Crippen LogP contribution >= 0.6 is 0 Å². The lowest BCUT2D eigenvalue weighted by Crippen LogP contribution is -2.27. The molecule has 0 spiro atoms. The molecular weight excluding hydrogens is 220 g/mol. The van der Waals surface area contributed by atoms with Gasteiger partial charge in [0.25, 0.3) is 0 Å². The molecule has 1 atom stereocenters. The minimum atomic E-state index is 0.575. The molecule has 0 bridgehead atoms. The summed E-state index contributed by atoms with van der Waals surface area (Å²) in [5.41, 5.74) is 1.20. The number of nitrogens with one attached hydrogen (secondary N) is 1. The van der Waals surface area contributed by atoms with Gasteiger partial charge < -0.3 is 5.32 Å². The molecule has 1 rings (SSSR count). The molecule has 1 aromatic heterocycles. The lowest BCUT2D eigenvalue weighted by atomic mass is 10.0. The highest BCUT2D eigenvalue weighted by Gasteiger charge is 2.07. The first-order chi connectivity index (χ1) is 8.86. The highest BCUT2D eigenvalue weighted by Crippen LogP contribution is 2.10. The quantitative estimate of drug-likeness (QED) is 0.634. The highest BCUT2D eigenvalue weighted by atomic mass is 14.9. The zero-order chi connectivity index (χ0) is 13.1. The number of likely N-dealkylation sites (N-methyl/N-ethyl adjacent to an activating group) is 1. The third-order valence-electron chi connectivity index (χ3n) is 3.50. The van der Waals surface area contributed by atoms with Gasteiger partial charge in [-0.3, -0.25) is 4.98 Å². The Morgan fingerprint density at radius 2 is 1.89 bits per heavy atom. The van der Waals surface area contributed by atoms with E-state index in [1.165, 1.54) is 50.6 Å². The van der Waals surface area contributed by atoms with Crippen molar-refractivity contribution < 1.29 is 0 Å². The van der Waals surface area contributed by atoms with E-state index in [-0.39, 0.29) is 0 Å². The molecule has 2 heteroatoms. The van der Waals surface area contributed by atoms with Crippen LogP contribution in [0.2, 0.25) is 0 Å². The van der Waals surface area contributed by atoms with Crippen molar-refractivity contribution in [3.63, 3.8) is 0 Å². The number of unbranched alkanes of at least 4 members (excludes halogenated alkanes) is 5. The SMILES string of the molecule is CCCCCCCCC(Cc1ccccn1)NC. The van der Waals surface area contributed by atoms with Gasteiger partial charge in [-0.1, -0.05) is 51.5 Å². The number of aromatic nitrogens is 1. The van der Waals surface area contributed by atoms with Crippen molar-refractivity contribution >= 4 is 0 Å². The third-order valence-corrected chi connectivity index (χ3v) is 3.50. The van der Waals surface area contributed by atoms with Crippen LogP contribution in [-0.2, 0) is 6.42 Å². The van der Waals surface area contributed by atoms with Crippen LogP contribution in [0.25, 0.3) is 0 Å². The molecule has 2 nitrogen and oxygen atoms in total. The van der Waals surface area contributed by atoms with Crippen LogP contribution in [0, 0.1) is 0 Å². The van der Waals surface area contributed by atoms with Crippen molar-refractivity contribution in [2.24, 2.45) is 0 Å². The van der Waals surface area contributed by atoms with Gasteiger partial charge in [0, 0.05) is 24.4 Å². The fraction of sp³-hybridized carbons (Fsp3) is 0.688. The largest absolute Gasteiger partial charge is 0.317 e. The Hall–Kier alpha value is -0.890. The van der Waals surface area contributed by atoms with E-state index < -0.39 is 0 Å². The summed E-state index contributed by atoms with van der Waals surface area (Å²) in [6.45, 7) is 2.27. The van der Waals surface area contributed by atoms with E-state index in [0.717, 1.165) is 6.42 Å². The van der Waals surface area contributed by atoms with Crippen molar-refractivity contribution in [2.45, 2.75) is 64.3 Å². The average molecular weight is 248 g/mol. The number of rotatable bonds is 10. The van der Waals surface area contributed by atoms with E-state index in [2.05, 4.69) is 36.4 Å². The Bertz CT molecular complexity index is 284. The van der Waals surface area contributed by atoms with E-state index in [0.29, 0.717) is 6.04 Å². The number of nitrogens with zero attached hydrogens (tertiary/aromatic N) is 1. The molecule has 0 aliphatic rings. The Kier molecular flexibility index (Phi) is 8.49. The topological polar surface area (TPSA) is 24.9 Å². The van der Waals surface area contributed by atoms with Crippen LogP contribution in [-0.4, -0.2) is 18.1 Å². The van der Waals surface area contributed by atoms with Gasteiger partial charge in [-0.2, -0.15) is 0 Å². The molecule has 1 unspecified atom stereocenters. The monoisotopic (exact) mass is 248 g/mol. The maximum atomic E-state index is 4.40. The summed E-state index contributed by atoms with van der Waals surface area (Å²) < 4.78 is 0. The van der Waals surface area contributed by atoms with Gasteiger partial charge in [-0.15, -0.1) is 0 Å². The first kappa shape index (κ1) is 15.2. The molecule has 1 aromatic rings. The molecule has 0 aromatic carbocycles. The van der Waals surface area contributed by atoms with E-state index in [9.17, 15) is 0 Å². The molecule has 0 radical (unpaired) electrons. The molecule has 1 heterocycles. The number of hydrogen-bond acceptors (Lipinski definition) is 2. The van der Waals surface area contributed by atoms with Gasteiger partial charge in [0.15, 0.2) is 0 Å². The molecule has 0 amide bonds. The average Bonchev–Trinajstić information content (AvgIpc) is 2.42. The summed E-state index contributed by atoms with van der Waals surface area (Å²) in [5.74, 6) is 0. The summed E-state index contributed by atoms with van der Waals surface area (Å²) in [7, 11) is 2.06. The molecule has 102 valence electrons. The first-order valence-corrected chi connectivity index (χ1v) is 7.44. The Labute approximate surface area is 112 Å². The predicted molar refractivity (Wildman–Crippen MR) is 78.8 cm³/mol. The Morgan fingerprint density at radius 3 is 2.56 bits per heavy atom. The Balaban J connectivity index is 2.14. The maximum Gasteiger partial charge on any atom is 0.0419 e. The van der Waals surface area contributed by atoms with Crippen molar-refractivity contribution in [1.29, 1.82) is 0 Å². The predicted octanol–water partition coefficient (Wildman–Crippen LogP) is 3.96. The minimum Gasteiger partial charge on any atom is -0.317 e. The van der Waals surface area contributed by atoms with E-state index >= 15 is 0 Å². The van der Waals surface area contributed by atoms with Crippen LogP contribution in [0.1, 0.15) is 57.6 Å². The summed E-state index contributed by atoms with van der Waals surface area (Å²) in [6, 6.07) is 6.74. The van der Waals surface area contributed by atoms with Crippen molar-refractivity contribution in [3.8, 4) is 0 Å². The molecule has 1 N–H and O–H groups in total. The molecule has 0 saturated heterocycles. The van der Waals surface area contributed by atoms with E-state index in [1.807, 2.05) is 12.3 Å². The highest BCUT2D eigenvalue weighted by molar-refractivity contribution is 5.05. The summed E-state index contributed by atoms with van der Waals surface area (Å²) in [5, 5.41) is 3.41. The van der Waals surface area contributed by atoms with Gasteiger partial charge in [0.2, 0.25) is 0 Å². The molecule has 0 aliphatic carbocycles. The molecule has 0 saturated carbocycles. The van der Waals surface area contributed by atoms with Crippen molar-refractivity contribution in [2.75, 3.05) is 7.05 Å². The van der Waals surface area contributed by atoms with Crippen molar-refractivity contribution in [3.05, 3.63) is 30.1 Å². The van der Waals surface area contributed by atoms with Crippen LogP contribution < -0.4 is 5.32 Å². The van der Waals surface area contributed by atoms with Gasteiger partial charge in [-0.05, 0) is 25.6 Å². The van der Waals surface area contributed by atoms with Gasteiger partial charge >= 0.3 is 0 Å². The zero-order valence-electron chi connectivity index (χ0n) is 12.0. The zero-order valence-corrected chi connectivity index (χ0v) is 12.0. The summed E-state index contributed by atoms with van der Waals surface area (Å²) >= 11 is 0. The van der Waals surface area contributed by atoms with E-state index in [1.54, 1.807) is 0 Å². The number of hydrogen-bond donors (Lipinski definition) is 1. The standard InChI is InChI=1S/C16H28N2/c1-3-4-5-6-7-8-11-15(17-2)14-16-12-9-10-13-18-16/h9-10,12-13,15,17H,3-8,11,14H2,1-2H3. The summed E-state index contributed by atoms with van der Waals surface area (Å²) in [4.78, 5) is 4.40. The minimum absolute atomic E-state index is 0.575. The lowest BCUT2D eigenvalue weighted by Gasteiger charge is -2.15. The van der Waals surface area contributed by atoms with Crippen LogP contribution in [0.15, 0.2) is 24.4 Å².